The molecule has 8 saturated heterocycles. The SMILES string of the molecule is FC(F)(F)C12CC3(C(F)(F)F)OC(C(F)(F)F)(CC(C(F)(F)F)(O1)C3(CP)c1cc(-c3ccccc3)[c-](-c3ccccc3)c1C1(CP)C3(C(F)(F)F)CC4(C(F)(F)F)OC(C(F)(F)F)(CC1(C(F)(F)F)O4)O3)O2.[Fe+2].c1cc[cH-]c1. The van der Waals surface area contributed by atoms with Crippen LogP contribution >= 0.6 is 18.5 Å². The molecule has 0 spiro atoms. The van der Waals surface area contributed by atoms with Gasteiger partial charge < -0.3 is 28.4 Å². The Morgan fingerprint density at radius 3 is 0.975 bits per heavy atom. The zero-order valence-electron chi connectivity index (χ0n) is 38.5. The van der Waals surface area contributed by atoms with Crippen molar-refractivity contribution in [3.05, 3.63) is 108 Å². The Labute approximate surface area is 442 Å². The largest absolute Gasteiger partial charge is 2.00 e. The third-order valence-corrected chi connectivity index (χ3v) is 16.8. The van der Waals surface area contributed by atoms with E-state index in [1.54, 1.807) is 0 Å². The van der Waals surface area contributed by atoms with Crippen molar-refractivity contribution < 1.29 is 151 Å². The van der Waals surface area contributed by atoms with Gasteiger partial charge in [0.1, 0.15) is 0 Å². The Hall–Kier alpha value is -3.40. The molecule has 6 nitrogen and oxygen atoms in total. The average molecular weight is 1250 g/mol. The molecule has 12 rings (SSSR count). The van der Waals surface area contributed by atoms with Crippen molar-refractivity contribution in [3.8, 4) is 22.3 Å². The van der Waals surface area contributed by atoms with Crippen molar-refractivity contribution in [1.82, 2.24) is 0 Å². The Bertz CT molecular complexity index is 2750. The minimum absolute atomic E-state index is 0. The maximum Gasteiger partial charge on any atom is 2.00 e. The van der Waals surface area contributed by atoms with Gasteiger partial charge in [-0.25, -0.2) is 12.1 Å². The van der Waals surface area contributed by atoms with Gasteiger partial charge in [0.15, 0.2) is 22.4 Å². The fourth-order valence-corrected chi connectivity index (χ4v) is 14.4. The Morgan fingerprint density at radius 1 is 0.405 bits per heavy atom. The second-order valence-electron chi connectivity index (χ2n) is 19.3. The van der Waals surface area contributed by atoms with E-state index in [2.05, 4.69) is 28.4 Å². The van der Waals surface area contributed by atoms with E-state index >= 15 is 105 Å². The molecule has 8 aliphatic heterocycles. The molecule has 0 N–H and O–H groups in total. The first-order valence-corrected chi connectivity index (χ1v) is 23.8. The van der Waals surface area contributed by atoms with Crippen LogP contribution in [0.3, 0.4) is 0 Å². The van der Waals surface area contributed by atoms with E-state index in [4.69, 9.17) is 0 Å². The van der Waals surface area contributed by atoms with Crippen LogP contribution in [0, 0.1) is 0 Å². The normalized spacial score (nSPS) is 36.5. The molecule has 10 atom stereocenters. The van der Waals surface area contributed by atoms with Crippen molar-refractivity contribution >= 4 is 18.5 Å². The predicted molar refractivity (Wildman–Crippen MR) is 223 cm³/mol. The predicted octanol–water partition coefficient (Wildman–Crippen LogP) is 14.3. The molecule has 0 amide bonds. The van der Waals surface area contributed by atoms with Gasteiger partial charge in [-0.1, -0.05) is 70.8 Å². The van der Waals surface area contributed by atoms with Crippen LogP contribution in [0.25, 0.3) is 22.3 Å². The van der Waals surface area contributed by atoms with Crippen LogP contribution in [-0.2, 0) is 56.3 Å². The minimum atomic E-state index is -7.21. The van der Waals surface area contributed by atoms with E-state index in [-0.39, 0.29) is 23.1 Å². The van der Waals surface area contributed by atoms with Crippen molar-refractivity contribution in [3.63, 3.8) is 0 Å². The summed E-state index contributed by atoms with van der Waals surface area (Å²) in [7, 11) is 2.22. The molecular formula is C46H32F24FeO6P2. The molecule has 79 heavy (non-hydrogen) atoms. The molecule has 33 heteroatoms. The second-order valence-corrected chi connectivity index (χ2v) is 20.1. The van der Waals surface area contributed by atoms with Gasteiger partial charge in [0.05, 0.1) is 18.3 Å². The molecule has 0 saturated carbocycles. The molecule has 10 unspecified atom stereocenters. The third kappa shape index (κ3) is 7.59. The molecule has 4 aromatic rings. The first-order chi connectivity index (χ1) is 35.4. The zero-order valence-corrected chi connectivity index (χ0v) is 41.9. The van der Waals surface area contributed by atoms with E-state index in [9.17, 15) is 0 Å². The maximum absolute atomic E-state index is 16.8. The van der Waals surface area contributed by atoms with Crippen molar-refractivity contribution in [1.29, 1.82) is 0 Å². The fourth-order valence-electron chi connectivity index (χ4n) is 12.7. The molecule has 8 fully saturated rings. The van der Waals surface area contributed by atoms with E-state index in [0.29, 0.717) is 12.1 Å². The third-order valence-electron chi connectivity index (χ3n) is 15.5. The van der Waals surface area contributed by atoms with Gasteiger partial charge in [-0.15, -0.1) is 47.8 Å². The zero-order chi connectivity index (χ0) is 58.3. The first kappa shape index (κ1) is 61.7. The van der Waals surface area contributed by atoms with E-state index in [0.717, 1.165) is 67.0 Å². The van der Waals surface area contributed by atoms with Crippen LogP contribution in [0.2, 0.25) is 0 Å². The molecule has 0 aliphatic carbocycles. The van der Waals surface area contributed by atoms with Crippen LogP contribution in [0.4, 0.5) is 105 Å². The van der Waals surface area contributed by atoms with Crippen LogP contribution in [0.15, 0.2) is 97.1 Å². The maximum atomic E-state index is 16.8. The second kappa shape index (κ2) is 17.8. The van der Waals surface area contributed by atoms with Gasteiger partial charge in [-0.3, -0.25) is 0 Å². The van der Waals surface area contributed by atoms with Crippen LogP contribution in [-0.4, -0.2) is 107 Å². The molecule has 8 bridgehead atoms. The minimum Gasteiger partial charge on any atom is -0.325 e. The van der Waals surface area contributed by atoms with Crippen molar-refractivity contribution in [2.75, 3.05) is 12.3 Å². The molecular weight excluding hydrogens is 1220 g/mol. The number of benzene rings is 2. The standard InChI is InChI=1S/C41H27F24O6P2.C5H5.Fe/c42-34(43,44)26-12-30(38(54,55)56)67-27(35(45,46)47,13-31(66-26,70-30)39(57,58)59)24(26,16-72)21-11-20(18-7-3-1-4-8-18)22(19-9-5-2-6-10-19)23(21)25(17-73)28(36(48,49)50)14-32(40(60,61)62)69-29(25,37(51,52)53)15-33(68-28,71-32)41(63,64)65;1-2-4-5-3-1;/h1-11H,12-17,72-73H2;1-5H;/q2*-1;+2. The van der Waals surface area contributed by atoms with Crippen LogP contribution in [0.5, 0.6) is 0 Å². The Kier molecular flexibility index (Phi) is 13.9. The molecule has 4 aromatic carbocycles. The topological polar surface area (TPSA) is 55.4 Å². The summed E-state index contributed by atoms with van der Waals surface area (Å²) < 4.78 is 412. The molecule has 0 radical (unpaired) electrons. The summed E-state index contributed by atoms with van der Waals surface area (Å²) in [6.07, 6.45) is -75.2. The summed E-state index contributed by atoms with van der Waals surface area (Å²) in [5, 5.41) is 0. The van der Waals surface area contributed by atoms with Crippen molar-refractivity contribution in [2.45, 2.75) is 131 Å². The Balaban J connectivity index is 0.00000130. The molecule has 8 aliphatic rings. The summed E-state index contributed by atoms with van der Waals surface area (Å²) in [6, 6.07) is 18.8. The average Bonchev–Trinajstić information content (AvgIpc) is 4.01. The first-order valence-electron chi connectivity index (χ1n) is 22.2. The number of ether oxygens (including phenoxy) is 6. The number of alkyl halides is 24. The number of hydrogen-bond donors (Lipinski definition) is 0. The Morgan fingerprint density at radius 2 is 0.709 bits per heavy atom. The number of rotatable bonds is 6. The monoisotopic (exact) mass is 1250 g/mol. The van der Waals surface area contributed by atoms with Crippen LogP contribution in [0.1, 0.15) is 36.8 Å². The molecule has 0 aromatic heterocycles. The summed E-state index contributed by atoms with van der Waals surface area (Å²) in [6.45, 7) is 0. The smallest absolute Gasteiger partial charge is 0.325 e. The van der Waals surface area contributed by atoms with Crippen molar-refractivity contribution in [2.24, 2.45) is 0 Å². The van der Waals surface area contributed by atoms with Gasteiger partial charge in [-0.05, 0) is 12.3 Å². The van der Waals surface area contributed by atoms with Gasteiger partial charge in [0.25, 0.3) is 23.1 Å². The summed E-state index contributed by atoms with van der Waals surface area (Å²) in [5.41, 5.74) is -43.5. The van der Waals surface area contributed by atoms with Gasteiger partial charge in [-0.2, -0.15) is 124 Å². The summed E-state index contributed by atoms with van der Waals surface area (Å²) >= 11 is 0. The molecule has 438 valence electrons. The summed E-state index contributed by atoms with van der Waals surface area (Å²) in [5.74, 6) is -23.0. The van der Waals surface area contributed by atoms with E-state index < -0.39 is 177 Å². The molecule has 8 heterocycles. The van der Waals surface area contributed by atoms with Crippen LogP contribution < -0.4 is 0 Å². The number of halogens is 24. The van der Waals surface area contributed by atoms with Gasteiger partial charge in [0.2, 0.25) is 0 Å². The van der Waals surface area contributed by atoms with Gasteiger partial charge in [0, 0.05) is 18.3 Å². The fraction of sp³-hybridized carbons (Fsp3) is 0.522. The number of hydrogen-bond acceptors (Lipinski definition) is 6. The quantitative estimate of drug-likeness (QED) is 0.0830. The summed E-state index contributed by atoms with van der Waals surface area (Å²) in [4.78, 5) is 0. The van der Waals surface area contributed by atoms with Gasteiger partial charge >= 0.3 is 66.5 Å². The van der Waals surface area contributed by atoms with E-state index in [1.807, 2.05) is 30.3 Å². The van der Waals surface area contributed by atoms with E-state index in [1.165, 1.54) is 0 Å².